The van der Waals surface area contributed by atoms with Crippen molar-refractivity contribution >= 4 is 5.69 Å². The van der Waals surface area contributed by atoms with E-state index in [2.05, 4.69) is 61.3 Å². The quantitative estimate of drug-likeness (QED) is 0.926. The predicted octanol–water partition coefficient (Wildman–Crippen LogP) is 3.63. The number of rotatable bonds is 4. The molecule has 0 fully saturated rings. The third-order valence-corrected chi connectivity index (χ3v) is 4.38. The maximum Gasteiger partial charge on any atom is 0.0397 e. The van der Waals surface area contributed by atoms with E-state index in [9.17, 15) is 0 Å². The molecule has 2 aromatic carbocycles. The van der Waals surface area contributed by atoms with E-state index >= 15 is 0 Å². The normalized spacial score (nSPS) is 15.1. The Kier molecular flexibility index (Phi) is 3.98. The van der Waals surface area contributed by atoms with Gasteiger partial charge in [-0.3, -0.25) is 0 Å². The highest BCUT2D eigenvalue weighted by Crippen LogP contribution is 2.31. The molecule has 0 saturated carbocycles. The van der Waals surface area contributed by atoms with Crippen molar-refractivity contribution in [3.63, 3.8) is 0 Å². The standard InChI is InChI=1S/C19H24N2/c1-14(20)3-4-15-5-7-16(8-6-15)17-9-10-19-18(13-17)11-12-21(19)2/h5-10,13-14H,3-4,11-12,20H2,1-2H3. The average Bonchev–Trinajstić information content (AvgIpc) is 2.86. The van der Waals surface area contributed by atoms with E-state index in [1.165, 1.54) is 27.9 Å². The summed E-state index contributed by atoms with van der Waals surface area (Å²) in [4.78, 5) is 2.33. The molecule has 0 aliphatic carbocycles. The van der Waals surface area contributed by atoms with Crippen LogP contribution in [0.25, 0.3) is 11.1 Å². The zero-order chi connectivity index (χ0) is 14.8. The van der Waals surface area contributed by atoms with Crippen molar-refractivity contribution in [3.05, 3.63) is 53.6 Å². The van der Waals surface area contributed by atoms with Gasteiger partial charge in [0.15, 0.2) is 0 Å². The topological polar surface area (TPSA) is 29.3 Å². The lowest BCUT2D eigenvalue weighted by atomic mass is 9.99. The van der Waals surface area contributed by atoms with Crippen LogP contribution in [-0.2, 0) is 12.8 Å². The number of nitrogens with two attached hydrogens (primary N) is 1. The monoisotopic (exact) mass is 280 g/mol. The summed E-state index contributed by atoms with van der Waals surface area (Å²) >= 11 is 0. The second-order valence-corrected chi connectivity index (χ2v) is 6.23. The number of likely N-dealkylation sites (N-methyl/N-ethyl adjacent to an activating group) is 1. The molecule has 1 heterocycles. The molecule has 3 rings (SSSR count). The highest BCUT2D eigenvalue weighted by molar-refractivity contribution is 5.70. The summed E-state index contributed by atoms with van der Waals surface area (Å²) in [6.07, 6.45) is 3.27. The largest absolute Gasteiger partial charge is 0.374 e. The van der Waals surface area contributed by atoms with Gasteiger partial charge in [0.05, 0.1) is 0 Å². The molecule has 0 radical (unpaired) electrons. The molecule has 0 aromatic heterocycles. The zero-order valence-corrected chi connectivity index (χ0v) is 13.0. The molecule has 0 spiro atoms. The van der Waals surface area contributed by atoms with Crippen molar-refractivity contribution < 1.29 is 0 Å². The highest BCUT2D eigenvalue weighted by Gasteiger charge is 2.15. The molecule has 2 N–H and O–H groups in total. The van der Waals surface area contributed by atoms with Crippen molar-refractivity contribution in [1.82, 2.24) is 0 Å². The van der Waals surface area contributed by atoms with Crippen LogP contribution in [-0.4, -0.2) is 19.6 Å². The zero-order valence-electron chi connectivity index (χ0n) is 13.0. The minimum absolute atomic E-state index is 0.276. The Balaban J connectivity index is 1.78. The second-order valence-electron chi connectivity index (χ2n) is 6.23. The first-order chi connectivity index (χ1) is 10.1. The molecule has 110 valence electrons. The Hall–Kier alpha value is -1.80. The van der Waals surface area contributed by atoms with E-state index in [1.54, 1.807) is 0 Å². The molecule has 1 atom stereocenters. The van der Waals surface area contributed by atoms with Gasteiger partial charge in [-0.2, -0.15) is 0 Å². The Bertz CT molecular complexity index is 614. The summed E-state index contributed by atoms with van der Waals surface area (Å²) in [6.45, 7) is 3.20. The molecule has 2 nitrogen and oxygen atoms in total. The molecular weight excluding hydrogens is 256 g/mol. The van der Waals surface area contributed by atoms with Crippen LogP contribution in [0.15, 0.2) is 42.5 Å². The minimum atomic E-state index is 0.276. The molecule has 1 aliphatic rings. The molecule has 0 amide bonds. The van der Waals surface area contributed by atoms with E-state index in [0.29, 0.717) is 0 Å². The summed E-state index contributed by atoms with van der Waals surface area (Å²) in [7, 11) is 2.17. The van der Waals surface area contributed by atoms with Gasteiger partial charge >= 0.3 is 0 Å². The van der Waals surface area contributed by atoms with Gasteiger partial charge in [-0.05, 0) is 60.6 Å². The smallest absolute Gasteiger partial charge is 0.0397 e. The summed E-state index contributed by atoms with van der Waals surface area (Å²) < 4.78 is 0. The molecule has 0 bridgehead atoms. The molecular formula is C19H24N2. The number of benzene rings is 2. The maximum atomic E-state index is 5.82. The Morgan fingerprint density at radius 3 is 2.52 bits per heavy atom. The van der Waals surface area contributed by atoms with Gasteiger partial charge < -0.3 is 10.6 Å². The number of aryl methyl sites for hydroxylation is 1. The number of hydrogen-bond donors (Lipinski definition) is 1. The van der Waals surface area contributed by atoms with Gasteiger partial charge in [0, 0.05) is 25.3 Å². The number of hydrogen-bond acceptors (Lipinski definition) is 2. The van der Waals surface area contributed by atoms with Crippen molar-refractivity contribution in [2.45, 2.75) is 32.2 Å². The summed E-state index contributed by atoms with van der Waals surface area (Å²) in [6, 6.07) is 16.0. The van der Waals surface area contributed by atoms with Crippen LogP contribution in [0.5, 0.6) is 0 Å². The van der Waals surface area contributed by atoms with Gasteiger partial charge in [0.2, 0.25) is 0 Å². The minimum Gasteiger partial charge on any atom is -0.374 e. The Morgan fingerprint density at radius 1 is 1.10 bits per heavy atom. The van der Waals surface area contributed by atoms with Crippen molar-refractivity contribution in [2.75, 3.05) is 18.5 Å². The number of fused-ring (bicyclic) bond motifs is 1. The highest BCUT2D eigenvalue weighted by atomic mass is 15.1. The lowest BCUT2D eigenvalue weighted by Gasteiger charge is -2.12. The van der Waals surface area contributed by atoms with Gasteiger partial charge in [-0.15, -0.1) is 0 Å². The van der Waals surface area contributed by atoms with Crippen LogP contribution >= 0.6 is 0 Å². The van der Waals surface area contributed by atoms with Crippen molar-refractivity contribution in [2.24, 2.45) is 5.73 Å². The van der Waals surface area contributed by atoms with E-state index in [0.717, 1.165) is 25.8 Å². The first-order valence-electron chi connectivity index (χ1n) is 7.82. The molecule has 1 aliphatic heterocycles. The van der Waals surface area contributed by atoms with Gasteiger partial charge in [0.25, 0.3) is 0 Å². The van der Waals surface area contributed by atoms with E-state index in [-0.39, 0.29) is 6.04 Å². The van der Waals surface area contributed by atoms with Crippen molar-refractivity contribution in [3.8, 4) is 11.1 Å². The van der Waals surface area contributed by atoms with Gasteiger partial charge in [0.1, 0.15) is 0 Å². The SMILES string of the molecule is CC(N)CCc1ccc(-c2ccc3c(c2)CCN3C)cc1. The predicted molar refractivity (Wildman–Crippen MR) is 90.8 cm³/mol. The van der Waals surface area contributed by atoms with Gasteiger partial charge in [-0.1, -0.05) is 30.3 Å². The summed E-state index contributed by atoms with van der Waals surface area (Å²) in [5, 5.41) is 0. The third-order valence-electron chi connectivity index (χ3n) is 4.38. The lowest BCUT2D eigenvalue weighted by molar-refractivity contribution is 0.666. The molecule has 1 unspecified atom stereocenters. The Morgan fingerprint density at radius 2 is 1.81 bits per heavy atom. The Labute approximate surface area is 127 Å². The second kappa shape index (κ2) is 5.90. The van der Waals surface area contributed by atoms with Crippen LogP contribution in [0, 0.1) is 0 Å². The van der Waals surface area contributed by atoms with Gasteiger partial charge in [-0.25, -0.2) is 0 Å². The molecule has 21 heavy (non-hydrogen) atoms. The van der Waals surface area contributed by atoms with Crippen molar-refractivity contribution in [1.29, 1.82) is 0 Å². The lowest BCUT2D eigenvalue weighted by Crippen LogP contribution is -2.15. The van der Waals surface area contributed by atoms with Crippen LogP contribution in [0.4, 0.5) is 5.69 Å². The molecule has 0 saturated heterocycles. The first-order valence-corrected chi connectivity index (χ1v) is 7.82. The fourth-order valence-corrected chi connectivity index (χ4v) is 3.00. The fraction of sp³-hybridized carbons (Fsp3) is 0.368. The van der Waals surface area contributed by atoms with Crippen LogP contribution in [0.1, 0.15) is 24.5 Å². The maximum absolute atomic E-state index is 5.82. The summed E-state index contributed by atoms with van der Waals surface area (Å²) in [5.74, 6) is 0. The molecule has 2 heteroatoms. The molecule has 2 aromatic rings. The van der Waals surface area contributed by atoms with E-state index in [1.807, 2.05) is 0 Å². The number of anilines is 1. The summed E-state index contributed by atoms with van der Waals surface area (Å²) in [5.41, 5.74) is 12.7. The third kappa shape index (κ3) is 3.11. The number of nitrogens with zero attached hydrogens (tertiary/aromatic N) is 1. The van der Waals surface area contributed by atoms with E-state index < -0.39 is 0 Å². The average molecular weight is 280 g/mol. The van der Waals surface area contributed by atoms with Crippen LogP contribution in [0.3, 0.4) is 0 Å². The van der Waals surface area contributed by atoms with E-state index in [4.69, 9.17) is 5.73 Å². The van der Waals surface area contributed by atoms with Crippen LogP contribution in [0.2, 0.25) is 0 Å². The first kappa shape index (κ1) is 14.2. The van der Waals surface area contributed by atoms with Crippen LogP contribution < -0.4 is 10.6 Å². The fourth-order valence-electron chi connectivity index (χ4n) is 3.00.